The fraction of sp³-hybridized carbons (Fsp3) is 0.778. The summed E-state index contributed by atoms with van der Waals surface area (Å²) in [7, 11) is 1.69. The molecule has 0 fully saturated rings. The SMILES string of the molecule is [CH-]=CC(CCCCC)OC.[Li+]. The monoisotopic (exact) mass is 148 g/mol. The summed E-state index contributed by atoms with van der Waals surface area (Å²) in [5.74, 6) is 0. The van der Waals surface area contributed by atoms with Crippen molar-refractivity contribution in [2.45, 2.75) is 38.7 Å². The largest absolute Gasteiger partial charge is 1.00 e. The molecule has 60 valence electrons. The molecular formula is C9H17LiO. The Kier molecular flexibility index (Phi) is 13.0. The molecule has 0 heterocycles. The summed E-state index contributed by atoms with van der Waals surface area (Å²) in [6.45, 7) is 7.50. The Morgan fingerprint density at radius 1 is 1.45 bits per heavy atom. The maximum atomic E-state index is 5.32. The van der Waals surface area contributed by atoms with E-state index in [0.717, 1.165) is 6.42 Å². The fourth-order valence-corrected chi connectivity index (χ4v) is 0.888. The van der Waals surface area contributed by atoms with Crippen molar-refractivity contribution in [2.75, 3.05) is 7.11 Å². The van der Waals surface area contributed by atoms with Gasteiger partial charge in [0.1, 0.15) is 0 Å². The minimum absolute atomic E-state index is 0. The van der Waals surface area contributed by atoms with E-state index in [1.807, 2.05) is 0 Å². The van der Waals surface area contributed by atoms with Crippen LogP contribution in [0.4, 0.5) is 0 Å². The van der Waals surface area contributed by atoms with E-state index in [1.54, 1.807) is 13.2 Å². The van der Waals surface area contributed by atoms with Gasteiger partial charge in [-0.05, 0) is 6.42 Å². The summed E-state index contributed by atoms with van der Waals surface area (Å²) in [6.07, 6.45) is 6.57. The molecule has 1 atom stereocenters. The van der Waals surface area contributed by atoms with E-state index in [9.17, 15) is 0 Å². The number of hydrogen-bond acceptors (Lipinski definition) is 1. The molecule has 2 heteroatoms. The van der Waals surface area contributed by atoms with Crippen LogP contribution < -0.4 is 18.9 Å². The van der Waals surface area contributed by atoms with Crippen molar-refractivity contribution < 1.29 is 23.6 Å². The van der Waals surface area contributed by atoms with Gasteiger partial charge in [-0.1, -0.05) is 26.2 Å². The van der Waals surface area contributed by atoms with Crippen LogP contribution in [0.5, 0.6) is 0 Å². The van der Waals surface area contributed by atoms with E-state index < -0.39 is 0 Å². The Morgan fingerprint density at radius 2 is 2.09 bits per heavy atom. The van der Waals surface area contributed by atoms with Crippen LogP contribution in [-0.4, -0.2) is 13.2 Å². The van der Waals surface area contributed by atoms with E-state index in [4.69, 9.17) is 11.3 Å². The minimum atomic E-state index is 0. The van der Waals surface area contributed by atoms with Crippen LogP contribution in [0.2, 0.25) is 0 Å². The molecule has 0 aliphatic rings. The van der Waals surface area contributed by atoms with Crippen molar-refractivity contribution in [1.82, 2.24) is 0 Å². The second-order valence-corrected chi connectivity index (χ2v) is 2.46. The first kappa shape index (κ1) is 13.9. The van der Waals surface area contributed by atoms with Crippen molar-refractivity contribution in [3.8, 4) is 0 Å². The van der Waals surface area contributed by atoms with Crippen molar-refractivity contribution in [1.29, 1.82) is 0 Å². The zero-order chi connectivity index (χ0) is 7.82. The predicted octanol–water partition coefficient (Wildman–Crippen LogP) is -0.425. The molecule has 0 radical (unpaired) electrons. The van der Waals surface area contributed by atoms with Crippen LogP contribution in [0.25, 0.3) is 0 Å². The number of rotatable bonds is 6. The van der Waals surface area contributed by atoms with Gasteiger partial charge < -0.3 is 11.3 Å². The summed E-state index contributed by atoms with van der Waals surface area (Å²) in [5, 5.41) is 0. The molecule has 0 saturated carbocycles. The summed E-state index contributed by atoms with van der Waals surface area (Å²) < 4.78 is 5.07. The van der Waals surface area contributed by atoms with Gasteiger partial charge in [-0.25, -0.2) is 6.08 Å². The summed E-state index contributed by atoms with van der Waals surface area (Å²) in [4.78, 5) is 0. The number of ether oxygens (including phenoxy) is 1. The van der Waals surface area contributed by atoms with Gasteiger partial charge in [0.2, 0.25) is 0 Å². The third kappa shape index (κ3) is 8.20. The first-order valence-corrected chi connectivity index (χ1v) is 3.93. The second kappa shape index (κ2) is 10.3. The van der Waals surface area contributed by atoms with Gasteiger partial charge in [0.15, 0.2) is 0 Å². The average Bonchev–Trinajstić information content (AvgIpc) is 1.99. The van der Waals surface area contributed by atoms with Crippen molar-refractivity contribution in [3.05, 3.63) is 12.7 Å². The van der Waals surface area contributed by atoms with E-state index in [0.29, 0.717) is 0 Å². The van der Waals surface area contributed by atoms with Crippen molar-refractivity contribution >= 4 is 0 Å². The molecule has 0 aliphatic carbocycles. The van der Waals surface area contributed by atoms with E-state index in [-0.39, 0.29) is 25.0 Å². The third-order valence-electron chi connectivity index (χ3n) is 1.61. The van der Waals surface area contributed by atoms with Crippen molar-refractivity contribution in [3.63, 3.8) is 0 Å². The Morgan fingerprint density at radius 3 is 2.45 bits per heavy atom. The van der Waals surface area contributed by atoms with Crippen LogP contribution in [0.15, 0.2) is 6.08 Å². The third-order valence-corrected chi connectivity index (χ3v) is 1.61. The number of hydrogen-bond donors (Lipinski definition) is 0. The fourth-order valence-electron chi connectivity index (χ4n) is 0.888. The van der Waals surface area contributed by atoms with Crippen molar-refractivity contribution in [2.24, 2.45) is 0 Å². The Balaban J connectivity index is 0. The zero-order valence-corrected chi connectivity index (χ0v) is 7.97. The van der Waals surface area contributed by atoms with Crippen LogP contribution >= 0.6 is 0 Å². The molecule has 0 aliphatic heterocycles. The Labute approximate surface area is 82.4 Å². The van der Waals surface area contributed by atoms with Gasteiger partial charge in [-0.2, -0.15) is 0 Å². The maximum Gasteiger partial charge on any atom is 1.00 e. The van der Waals surface area contributed by atoms with Gasteiger partial charge in [0, 0.05) is 13.2 Å². The second-order valence-electron chi connectivity index (χ2n) is 2.46. The van der Waals surface area contributed by atoms with Crippen LogP contribution in [0, 0.1) is 6.58 Å². The molecule has 0 N–H and O–H groups in total. The van der Waals surface area contributed by atoms with E-state index in [2.05, 4.69) is 6.92 Å². The molecule has 0 rings (SSSR count). The molecular weight excluding hydrogens is 131 g/mol. The molecule has 11 heavy (non-hydrogen) atoms. The Hall–Kier alpha value is 0.297. The predicted molar refractivity (Wildman–Crippen MR) is 43.8 cm³/mol. The summed E-state index contributed by atoms with van der Waals surface area (Å²) in [6, 6.07) is 0. The molecule has 1 unspecified atom stereocenters. The van der Waals surface area contributed by atoms with Gasteiger partial charge in [-0.15, -0.1) is 0 Å². The molecule has 0 bridgehead atoms. The quantitative estimate of drug-likeness (QED) is 0.282. The average molecular weight is 148 g/mol. The Bertz CT molecular complexity index is 83.6. The molecule has 0 aromatic carbocycles. The van der Waals surface area contributed by atoms with Gasteiger partial charge in [0.25, 0.3) is 0 Å². The molecule has 0 aromatic heterocycles. The molecule has 0 amide bonds. The molecule has 0 spiro atoms. The topological polar surface area (TPSA) is 9.23 Å². The zero-order valence-electron chi connectivity index (χ0n) is 7.97. The summed E-state index contributed by atoms with van der Waals surface area (Å²) >= 11 is 0. The summed E-state index contributed by atoms with van der Waals surface area (Å²) in [5.41, 5.74) is 0. The molecule has 0 aromatic rings. The molecule has 1 nitrogen and oxygen atoms in total. The van der Waals surface area contributed by atoms with Gasteiger partial charge >= 0.3 is 18.9 Å². The van der Waals surface area contributed by atoms with Gasteiger partial charge in [-0.3, -0.25) is 0 Å². The standard InChI is InChI=1S/C9H17O.Li/c1-4-6-7-8-9(5-2)10-3;/h2,5,9H,4,6-8H2,1,3H3;/q-1;+1. The minimum Gasteiger partial charge on any atom is -0.515 e. The van der Waals surface area contributed by atoms with Crippen LogP contribution in [0.1, 0.15) is 32.6 Å². The van der Waals surface area contributed by atoms with E-state index in [1.165, 1.54) is 19.3 Å². The number of methoxy groups -OCH3 is 1. The molecule has 0 saturated heterocycles. The maximum absolute atomic E-state index is 5.32. The first-order chi connectivity index (χ1) is 4.85. The van der Waals surface area contributed by atoms with E-state index >= 15 is 0 Å². The normalized spacial score (nSPS) is 11.8. The number of unbranched alkanes of at least 4 members (excludes halogenated alkanes) is 2. The smallest absolute Gasteiger partial charge is 0.515 e. The first-order valence-electron chi connectivity index (χ1n) is 3.93. The van der Waals surface area contributed by atoms with Crippen LogP contribution in [0.3, 0.4) is 0 Å². The van der Waals surface area contributed by atoms with Gasteiger partial charge in [0.05, 0.1) is 0 Å². The van der Waals surface area contributed by atoms with Crippen LogP contribution in [-0.2, 0) is 4.74 Å².